The van der Waals surface area contributed by atoms with Gasteiger partial charge >= 0.3 is 0 Å². The monoisotopic (exact) mass is 295 g/mol. The molecule has 0 aliphatic heterocycles. The predicted octanol–water partition coefficient (Wildman–Crippen LogP) is 3.93. The summed E-state index contributed by atoms with van der Waals surface area (Å²) in [6.07, 6.45) is 0. The van der Waals surface area contributed by atoms with E-state index in [0.29, 0.717) is 11.3 Å². The summed E-state index contributed by atoms with van der Waals surface area (Å²) in [6, 6.07) is 16.8. The fourth-order valence-electron chi connectivity index (χ4n) is 2.34. The van der Waals surface area contributed by atoms with E-state index in [1.807, 2.05) is 55.5 Å². The molecule has 1 atom stereocenters. The first kappa shape index (κ1) is 14.2. The Balaban J connectivity index is 1.74. The predicted molar refractivity (Wildman–Crippen MR) is 85.1 cm³/mol. The van der Waals surface area contributed by atoms with Gasteiger partial charge < -0.3 is 14.5 Å². The van der Waals surface area contributed by atoms with Crippen LogP contribution in [0.25, 0.3) is 11.0 Å². The van der Waals surface area contributed by atoms with Crippen LogP contribution in [-0.4, -0.2) is 13.0 Å². The molecule has 112 valence electrons. The van der Waals surface area contributed by atoms with Crippen molar-refractivity contribution in [1.82, 2.24) is 5.32 Å². The first-order valence-corrected chi connectivity index (χ1v) is 7.11. The van der Waals surface area contributed by atoms with Gasteiger partial charge in [-0.25, -0.2) is 0 Å². The van der Waals surface area contributed by atoms with Gasteiger partial charge in [0.05, 0.1) is 13.2 Å². The first-order valence-electron chi connectivity index (χ1n) is 7.11. The average molecular weight is 295 g/mol. The minimum absolute atomic E-state index is 0.119. The highest BCUT2D eigenvalue weighted by Gasteiger charge is 2.15. The van der Waals surface area contributed by atoms with Crippen molar-refractivity contribution >= 4 is 16.9 Å². The Kier molecular flexibility index (Phi) is 3.83. The molecule has 0 spiro atoms. The number of ether oxygens (including phenoxy) is 1. The maximum atomic E-state index is 12.3. The number of amides is 1. The Morgan fingerprint density at radius 1 is 1.14 bits per heavy atom. The smallest absolute Gasteiger partial charge is 0.287 e. The number of carbonyl (C=O) groups excluding carboxylic acids is 1. The summed E-state index contributed by atoms with van der Waals surface area (Å²) in [6.45, 7) is 1.93. The third kappa shape index (κ3) is 2.81. The van der Waals surface area contributed by atoms with Gasteiger partial charge in [0.1, 0.15) is 11.3 Å². The zero-order valence-electron chi connectivity index (χ0n) is 12.5. The van der Waals surface area contributed by atoms with Crippen molar-refractivity contribution in [3.63, 3.8) is 0 Å². The van der Waals surface area contributed by atoms with Gasteiger partial charge in [0.15, 0.2) is 5.76 Å². The van der Waals surface area contributed by atoms with E-state index in [9.17, 15) is 4.79 Å². The van der Waals surface area contributed by atoms with Crippen LogP contribution in [-0.2, 0) is 0 Å². The van der Waals surface area contributed by atoms with Gasteiger partial charge in [-0.2, -0.15) is 0 Å². The Morgan fingerprint density at radius 2 is 1.86 bits per heavy atom. The van der Waals surface area contributed by atoms with Crippen LogP contribution in [0.15, 0.2) is 59.0 Å². The molecule has 1 heterocycles. The molecule has 4 nitrogen and oxygen atoms in total. The Labute approximate surface area is 128 Å². The lowest BCUT2D eigenvalue weighted by molar-refractivity contribution is 0.0914. The molecule has 0 saturated carbocycles. The molecule has 22 heavy (non-hydrogen) atoms. The molecular weight excluding hydrogens is 278 g/mol. The number of rotatable bonds is 4. The van der Waals surface area contributed by atoms with E-state index in [4.69, 9.17) is 9.15 Å². The molecule has 3 rings (SSSR count). The topological polar surface area (TPSA) is 51.5 Å². The minimum Gasteiger partial charge on any atom is -0.497 e. The van der Waals surface area contributed by atoms with Gasteiger partial charge in [-0.15, -0.1) is 0 Å². The second-order valence-corrected chi connectivity index (χ2v) is 5.12. The van der Waals surface area contributed by atoms with E-state index in [-0.39, 0.29) is 11.9 Å². The van der Waals surface area contributed by atoms with Crippen LogP contribution < -0.4 is 10.1 Å². The fraction of sp³-hybridized carbons (Fsp3) is 0.167. The molecule has 0 fully saturated rings. The lowest BCUT2D eigenvalue weighted by Crippen LogP contribution is -2.26. The summed E-state index contributed by atoms with van der Waals surface area (Å²) < 4.78 is 10.7. The lowest BCUT2D eigenvalue weighted by Gasteiger charge is -2.13. The maximum absolute atomic E-state index is 12.3. The molecule has 0 unspecified atom stereocenters. The zero-order chi connectivity index (χ0) is 15.5. The average Bonchev–Trinajstić information content (AvgIpc) is 2.99. The number of benzene rings is 2. The Bertz CT molecular complexity index is 756. The second kappa shape index (κ2) is 5.93. The standard InChI is InChI=1S/C18H17NO3/c1-12(13-7-9-15(21-2)10-8-13)19-18(20)17-11-14-5-3-4-6-16(14)22-17/h3-12H,1-2H3,(H,19,20)/t12-/m0/s1. The lowest BCUT2D eigenvalue weighted by atomic mass is 10.1. The van der Waals surface area contributed by atoms with Crippen molar-refractivity contribution in [2.75, 3.05) is 7.11 Å². The van der Waals surface area contributed by atoms with E-state index in [1.165, 1.54) is 0 Å². The summed E-state index contributed by atoms with van der Waals surface area (Å²) in [4.78, 5) is 12.3. The van der Waals surface area contributed by atoms with Gasteiger partial charge in [0, 0.05) is 5.39 Å². The van der Waals surface area contributed by atoms with Crippen molar-refractivity contribution in [1.29, 1.82) is 0 Å². The van der Waals surface area contributed by atoms with E-state index < -0.39 is 0 Å². The number of hydrogen-bond acceptors (Lipinski definition) is 3. The molecule has 0 aliphatic rings. The minimum atomic E-state index is -0.223. The maximum Gasteiger partial charge on any atom is 0.287 e. The third-order valence-electron chi connectivity index (χ3n) is 3.61. The molecule has 0 bridgehead atoms. The van der Waals surface area contributed by atoms with Crippen LogP contribution >= 0.6 is 0 Å². The second-order valence-electron chi connectivity index (χ2n) is 5.12. The molecular formula is C18H17NO3. The highest BCUT2D eigenvalue weighted by molar-refractivity contribution is 5.96. The van der Waals surface area contributed by atoms with E-state index in [1.54, 1.807) is 13.2 Å². The van der Waals surface area contributed by atoms with Crippen LogP contribution in [0.1, 0.15) is 29.1 Å². The number of nitrogens with one attached hydrogen (secondary N) is 1. The summed E-state index contributed by atoms with van der Waals surface area (Å²) in [5, 5.41) is 3.86. The van der Waals surface area contributed by atoms with Crippen LogP contribution in [0.4, 0.5) is 0 Å². The fourth-order valence-corrected chi connectivity index (χ4v) is 2.34. The zero-order valence-corrected chi connectivity index (χ0v) is 12.5. The normalized spacial score (nSPS) is 12.1. The Hall–Kier alpha value is -2.75. The number of furan rings is 1. The molecule has 1 N–H and O–H groups in total. The number of para-hydroxylation sites is 1. The van der Waals surface area contributed by atoms with E-state index >= 15 is 0 Å². The molecule has 0 radical (unpaired) electrons. The molecule has 1 aromatic heterocycles. The molecule has 3 aromatic rings. The number of methoxy groups -OCH3 is 1. The summed E-state index contributed by atoms with van der Waals surface area (Å²) in [5.74, 6) is 0.889. The largest absolute Gasteiger partial charge is 0.497 e. The molecule has 4 heteroatoms. The number of fused-ring (bicyclic) bond motifs is 1. The van der Waals surface area contributed by atoms with Crippen molar-refractivity contribution in [2.45, 2.75) is 13.0 Å². The van der Waals surface area contributed by atoms with Gasteiger partial charge in [-0.1, -0.05) is 30.3 Å². The van der Waals surface area contributed by atoms with Crippen LogP contribution in [0.3, 0.4) is 0 Å². The van der Waals surface area contributed by atoms with Crippen molar-refractivity contribution < 1.29 is 13.9 Å². The highest BCUT2D eigenvalue weighted by Crippen LogP contribution is 2.21. The molecule has 0 saturated heterocycles. The van der Waals surface area contributed by atoms with Crippen LogP contribution in [0, 0.1) is 0 Å². The molecule has 0 aliphatic carbocycles. The molecule has 1 amide bonds. The SMILES string of the molecule is COc1ccc([C@H](C)NC(=O)c2cc3ccccc3o2)cc1. The van der Waals surface area contributed by atoms with Gasteiger partial charge in [0.25, 0.3) is 5.91 Å². The summed E-state index contributed by atoms with van der Waals surface area (Å²) in [7, 11) is 1.63. The van der Waals surface area contributed by atoms with E-state index in [2.05, 4.69) is 5.32 Å². The van der Waals surface area contributed by atoms with Crippen molar-refractivity contribution in [2.24, 2.45) is 0 Å². The first-order chi connectivity index (χ1) is 10.7. The summed E-state index contributed by atoms with van der Waals surface area (Å²) in [5.41, 5.74) is 1.72. The van der Waals surface area contributed by atoms with Gasteiger partial charge in [-0.3, -0.25) is 4.79 Å². The van der Waals surface area contributed by atoms with Crippen LogP contribution in [0.2, 0.25) is 0 Å². The van der Waals surface area contributed by atoms with Crippen molar-refractivity contribution in [3.8, 4) is 5.75 Å². The number of hydrogen-bond donors (Lipinski definition) is 1. The summed E-state index contributed by atoms with van der Waals surface area (Å²) >= 11 is 0. The third-order valence-corrected chi connectivity index (χ3v) is 3.61. The highest BCUT2D eigenvalue weighted by atomic mass is 16.5. The van der Waals surface area contributed by atoms with Crippen LogP contribution in [0.5, 0.6) is 5.75 Å². The van der Waals surface area contributed by atoms with Gasteiger partial charge in [0.2, 0.25) is 0 Å². The Morgan fingerprint density at radius 3 is 2.55 bits per heavy atom. The molecule has 2 aromatic carbocycles. The quantitative estimate of drug-likeness (QED) is 0.793. The van der Waals surface area contributed by atoms with E-state index in [0.717, 1.165) is 16.7 Å². The number of carbonyl (C=O) groups is 1. The van der Waals surface area contributed by atoms with Crippen molar-refractivity contribution in [3.05, 3.63) is 65.9 Å². The van der Waals surface area contributed by atoms with Gasteiger partial charge in [-0.05, 0) is 36.8 Å².